The first-order chi connectivity index (χ1) is 9.34. The number of Topliss-reactive ketones (excluding diaryl/α,β-unsaturated/α-hetero) is 1. The highest BCUT2D eigenvalue weighted by molar-refractivity contribution is 6.23. The fraction of sp³-hybridized carbons (Fsp3) is 0.231. The van der Waals surface area contributed by atoms with E-state index in [9.17, 15) is 22.8 Å². The van der Waals surface area contributed by atoms with Gasteiger partial charge < -0.3 is 9.47 Å². The third-order valence-electron chi connectivity index (χ3n) is 2.36. The molecule has 0 unspecified atom stereocenters. The van der Waals surface area contributed by atoms with Crippen molar-refractivity contribution in [3.8, 4) is 5.75 Å². The van der Waals surface area contributed by atoms with E-state index in [0.717, 1.165) is 7.11 Å². The Labute approximate surface area is 112 Å². The van der Waals surface area contributed by atoms with Crippen molar-refractivity contribution in [3.05, 3.63) is 41.2 Å². The van der Waals surface area contributed by atoms with Crippen LogP contribution in [0.15, 0.2) is 18.2 Å². The lowest BCUT2D eigenvalue weighted by molar-refractivity contribution is -0.138. The van der Waals surface area contributed by atoms with E-state index < -0.39 is 46.1 Å². The molecule has 0 bridgehead atoms. The lowest BCUT2D eigenvalue weighted by Gasteiger charge is -2.09. The Morgan fingerprint density at radius 3 is 2.35 bits per heavy atom. The molecule has 0 spiro atoms. The van der Waals surface area contributed by atoms with E-state index in [2.05, 4.69) is 16.1 Å². The van der Waals surface area contributed by atoms with Crippen molar-refractivity contribution in [2.24, 2.45) is 0 Å². The Bertz CT molecular complexity index is 581. The number of benzene rings is 1. The van der Waals surface area contributed by atoms with E-state index in [-0.39, 0.29) is 6.61 Å². The molecule has 0 amide bonds. The van der Waals surface area contributed by atoms with Crippen molar-refractivity contribution in [2.45, 2.75) is 6.92 Å². The zero-order chi connectivity index (χ0) is 15.4. The quantitative estimate of drug-likeness (QED) is 0.208. The van der Waals surface area contributed by atoms with Crippen molar-refractivity contribution in [3.63, 3.8) is 0 Å². The minimum Gasteiger partial charge on any atom is -0.491 e. The first-order valence-electron chi connectivity index (χ1n) is 5.47. The first-order valence-corrected chi connectivity index (χ1v) is 5.47. The van der Waals surface area contributed by atoms with E-state index in [1.165, 1.54) is 6.92 Å². The standard InChI is InChI=1S/C13H11F3O4/c1-4-20-13(18)6(2)11(17)7-5-8(14)10(16)12(19-3)9(7)15/h5H,2,4H2,1,3H3. The van der Waals surface area contributed by atoms with Crippen LogP contribution in [0.4, 0.5) is 13.2 Å². The number of ether oxygens (including phenoxy) is 2. The predicted molar refractivity (Wildman–Crippen MR) is 63.0 cm³/mol. The molecule has 0 N–H and O–H groups in total. The second kappa shape index (κ2) is 6.23. The molecule has 1 aromatic carbocycles. The Kier molecular flexibility index (Phi) is 4.90. The van der Waals surface area contributed by atoms with Crippen molar-refractivity contribution >= 4 is 11.8 Å². The van der Waals surface area contributed by atoms with Crippen LogP contribution in [0.2, 0.25) is 0 Å². The van der Waals surface area contributed by atoms with Crippen LogP contribution in [0, 0.1) is 17.5 Å². The Hall–Kier alpha value is -2.31. The maximum absolute atomic E-state index is 13.8. The van der Waals surface area contributed by atoms with Gasteiger partial charge in [0.15, 0.2) is 17.4 Å². The molecule has 4 nitrogen and oxygen atoms in total. The number of hydrogen-bond acceptors (Lipinski definition) is 4. The SMILES string of the molecule is C=C(C(=O)OCC)C(=O)c1cc(F)c(F)c(OC)c1F. The topological polar surface area (TPSA) is 52.6 Å². The van der Waals surface area contributed by atoms with E-state index in [1.807, 2.05) is 0 Å². The van der Waals surface area contributed by atoms with Crippen LogP contribution in [0.25, 0.3) is 0 Å². The number of esters is 1. The molecule has 20 heavy (non-hydrogen) atoms. The summed E-state index contributed by atoms with van der Waals surface area (Å²) in [5.41, 5.74) is -1.56. The number of halogens is 3. The average molecular weight is 288 g/mol. The summed E-state index contributed by atoms with van der Waals surface area (Å²) in [6.07, 6.45) is 0. The summed E-state index contributed by atoms with van der Waals surface area (Å²) in [7, 11) is 0.912. The van der Waals surface area contributed by atoms with Crippen LogP contribution in [0.3, 0.4) is 0 Å². The van der Waals surface area contributed by atoms with Crippen LogP contribution < -0.4 is 4.74 Å². The maximum Gasteiger partial charge on any atom is 0.341 e. The molecule has 1 rings (SSSR count). The normalized spacial score (nSPS) is 10.1. The van der Waals surface area contributed by atoms with E-state index >= 15 is 0 Å². The number of carbonyl (C=O) groups is 2. The Morgan fingerprint density at radius 2 is 1.85 bits per heavy atom. The summed E-state index contributed by atoms with van der Waals surface area (Å²) in [5.74, 6) is -7.79. The Morgan fingerprint density at radius 1 is 1.25 bits per heavy atom. The highest BCUT2D eigenvalue weighted by Crippen LogP contribution is 2.28. The van der Waals surface area contributed by atoms with Gasteiger partial charge in [-0.15, -0.1) is 0 Å². The summed E-state index contributed by atoms with van der Waals surface area (Å²) in [4.78, 5) is 23.1. The van der Waals surface area contributed by atoms with Crippen molar-refractivity contribution in [1.82, 2.24) is 0 Å². The van der Waals surface area contributed by atoms with Gasteiger partial charge in [-0.2, -0.15) is 4.39 Å². The van der Waals surface area contributed by atoms with Gasteiger partial charge in [0.1, 0.15) is 5.57 Å². The maximum atomic E-state index is 13.8. The minimum atomic E-state index is -1.57. The summed E-state index contributed by atoms with van der Waals surface area (Å²) in [6.45, 7) is 4.63. The molecule has 0 saturated heterocycles. The van der Waals surface area contributed by atoms with Crippen molar-refractivity contribution in [2.75, 3.05) is 13.7 Å². The zero-order valence-electron chi connectivity index (χ0n) is 10.8. The number of methoxy groups -OCH3 is 1. The van der Waals surface area contributed by atoms with Gasteiger partial charge in [0.05, 0.1) is 19.3 Å². The van der Waals surface area contributed by atoms with Gasteiger partial charge in [-0.3, -0.25) is 4.79 Å². The fourth-order valence-corrected chi connectivity index (χ4v) is 1.40. The average Bonchev–Trinajstić information content (AvgIpc) is 2.42. The third-order valence-corrected chi connectivity index (χ3v) is 2.36. The Balaban J connectivity index is 3.27. The number of rotatable bonds is 5. The molecule has 0 aliphatic carbocycles. The predicted octanol–water partition coefficient (Wildman–Crippen LogP) is 2.41. The van der Waals surface area contributed by atoms with Crippen LogP contribution >= 0.6 is 0 Å². The molecule has 0 aromatic heterocycles. The second-order valence-corrected chi connectivity index (χ2v) is 3.60. The second-order valence-electron chi connectivity index (χ2n) is 3.60. The number of ketones is 1. The lowest BCUT2D eigenvalue weighted by atomic mass is 10.0. The fourth-order valence-electron chi connectivity index (χ4n) is 1.40. The highest BCUT2D eigenvalue weighted by Gasteiger charge is 2.27. The molecule has 0 aliphatic rings. The van der Waals surface area contributed by atoms with Gasteiger partial charge in [-0.05, 0) is 13.0 Å². The molecule has 0 atom stereocenters. The molecular weight excluding hydrogens is 277 g/mol. The highest BCUT2D eigenvalue weighted by atomic mass is 19.2. The molecule has 0 saturated carbocycles. The van der Waals surface area contributed by atoms with E-state index in [4.69, 9.17) is 0 Å². The van der Waals surface area contributed by atoms with E-state index in [0.29, 0.717) is 6.07 Å². The smallest absolute Gasteiger partial charge is 0.341 e. The van der Waals surface area contributed by atoms with Crippen LogP contribution in [-0.4, -0.2) is 25.5 Å². The number of hydrogen-bond donors (Lipinski definition) is 0. The van der Waals surface area contributed by atoms with Crippen LogP contribution in [-0.2, 0) is 9.53 Å². The molecule has 0 aliphatic heterocycles. The van der Waals surface area contributed by atoms with Gasteiger partial charge in [0.25, 0.3) is 0 Å². The van der Waals surface area contributed by atoms with Crippen molar-refractivity contribution in [1.29, 1.82) is 0 Å². The third kappa shape index (κ3) is 2.81. The summed E-state index contributed by atoms with van der Waals surface area (Å²) >= 11 is 0. The van der Waals surface area contributed by atoms with Gasteiger partial charge in [-0.1, -0.05) is 6.58 Å². The number of carbonyl (C=O) groups excluding carboxylic acids is 2. The van der Waals surface area contributed by atoms with E-state index in [1.54, 1.807) is 0 Å². The molecule has 108 valence electrons. The largest absolute Gasteiger partial charge is 0.491 e. The first kappa shape index (κ1) is 15.7. The van der Waals surface area contributed by atoms with Gasteiger partial charge >= 0.3 is 5.97 Å². The summed E-state index contributed by atoms with van der Waals surface area (Å²) in [5, 5.41) is 0. The molecule has 0 fully saturated rings. The molecule has 0 radical (unpaired) electrons. The molecule has 7 heteroatoms. The van der Waals surface area contributed by atoms with Crippen LogP contribution in [0.1, 0.15) is 17.3 Å². The summed E-state index contributed by atoms with van der Waals surface area (Å²) in [6, 6.07) is 0.333. The summed E-state index contributed by atoms with van der Waals surface area (Å²) < 4.78 is 49.2. The van der Waals surface area contributed by atoms with Crippen LogP contribution in [0.5, 0.6) is 5.75 Å². The monoisotopic (exact) mass is 288 g/mol. The van der Waals surface area contributed by atoms with Gasteiger partial charge in [-0.25, -0.2) is 13.6 Å². The zero-order valence-corrected chi connectivity index (χ0v) is 10.8. The minimum absolute atomic E-state index is 0.0191. The molecular formula is C13H11F3O4. The van der Waals surface area contributed by atoms with Gasteiger partial charge in [0, 0.05) is 0 Å². The molecule has 0 heterocycles. The van der Waals surface area contributed by atoms with Gasteiger partial charge in [0.2, 0.25) is 11.6 Å². The molecule has 1 aromatic rings. The van der Waals surface area contributed by atoms with Crippen molar-refractivity contribution < 1.29 is 32.2 Å². The lowest BCUT2D eigenvalue weighted by Crippen LogP contribution is -2.17.